The van der Waals surface area contributed by atoms with Gasteiger partial charge in [-0.15, -0.1) is 0 Å². The van der Waals surface area contributed by atoms with Gasteiger partial charge in [-0.1, -0.05) is 5.16 Å². The lowest BCUT2D eigenvalue weighted by atomic mass is 9.51. The Morgan fingerprint density at radius 1 is 1.11 bits per heavy atom. The number of rotatable bonds is 1. The second-order valence-electron chi connectivity index (χ2n) is 6.38. The molecule has 0 atom stereocenters. The molecule has 0 spiro atoms. The van der Waals surface area contributed by atoms with E-state index in [2.05, 4.69) is 11.2 Å². The van der Waals surface area contributed by atoms with Gasteiger partial charge in [0.15, 0.2) is 11.6 Å². The van der Waals surface area contributed by atoms with Crippen LogP contribution in [-0.2, 0) is 0 Å². The van der Waals surface area contributed by atoms with E-state index >= 15 is 0 Å². The van der Waals surface area contributed by atoms with Crippen molar-refractivity contribution in [2.75, 3.05) is 5.73 Å². The minimum Gasteiger partial charge on any atom is -0.380 e. The molecule has 94 valence electrons. The maximum absolute atomic E-state index is 9.21. The Balaban J connectivity index is 1.75. The van der Waals surface area contributed by atoms with Crippen LogP contribution in [0, 0.1) is 35.0 Å². The summed E-state index contributed by atoms with van der Waals surface area (Å²) in [5.74, 6) is 4.69. The molecule has 4 saturated carbocycles. The topological polar surface area (TPSA) is 75.8 Å². The summed E-state index contributed by atoms with van der Waals surface area (Å²) in [7, 11) is 0. The molecule has 4 aliphatic rings. The normalized spacial score (nSPS) is 40.9. The fourth-order valence-corrected chi connectivity index (χ4v) is 5.01. The van der Waals surface area contributed by atoms with Gasteiger partial charge in [0.05, 0.1) is 0 Å². The first-order valence-electron chi connectivity index (χ1n) is 6.91. The summed E-state index contributed by atoms with van der Waals surface area (Å²) < 4.78 is 5.41. The summed E-state index contributed by atoms with van der Waals surface area (Å²) >= 11 is 0. The van der Waals surface area contributed by atoms with Gasteiger partial charge in [-0.2, -0.15) is 5.26 Å². The summed E-state index contributed by atoms with van der Waals surface area (Å²) in [5.41, 5.74) is 6.21. The summed E-state index contributed by atoms with van der Waals surface area (Å²) in [4.78, 5) is 0. The third-order valence-electron chi connectivity index (χ3n) is 5.39. The van der Waals surface area contributed by atoms with Gasteiger partial charge < -0.3 is 10.3 Å². The van der Waals surface area contributed by atoms with Crippen molar-refractivity contribution in [3.63, 3.8) is 0 Å². The second kappa shape index (κ2) is 3.50. The van der Waals surface area contributed by atoms with Crippen molar-refractivity contribution in [3.05, 3.63) is 11.3 Å². The molecule has 0 saturated heterocycles. The van der Waals surface area contributed by atoms with Crippen LogP contribution in [0.2, 0.25) is 0 Å². The highest BCUT2D eigenvalue weighted by atomic mass is 16.5. The van der Waals surface area contributed by atoms with Gasteiger partial charge in [0.25, 0.3) is 0 Å². The van der Waals surface area contributed by atoms with Crippen molar-refractivity contribution in [2.24, 2.45) is 23.7 Å². The lowest BCUT2D eigenvalue weighted by Crippen LogP contribution is -2.43. The third kappa shape index (κ3) is 1.28. The first kappa shape index (κ1) is 10.4. The fourth-order valence-electron chi connectivity index (χ4n) is 5.01. The number of nitriles is 1. The quantitative estimate of drug-likeness (QED) is 0.822. The molecule has 0 unspecified atom stereocenters. The van der Waals surface area contributed by atoms with E-state index in [4.69, 9.17) is 10.3 Å². The van der Waals surface area contributed by atoms with E-state index < -0.39 is 0 Å². The molecule has 0 amide bonds. The van der Waals surface area contributed by atoms with Crippen LogP contribution in [0.1, 0.15) is 49.3 Å². The minimum atomic E-state index is 0.265. The highest BCUT2D eigenvalue weighted by Crippen LogP contribution is 2.60. The van der Waals surface area contributed by atoms with Gasteiger partial charge in [-0.05, 0) is 55.8 Å². The number of anilines is 1. The maximum Gasteiger partial charge on any atom is 0.185 e. The molecule has 0 aliphatic heterocycles. The summed E-state index contributed by atoms with van der Waals surface area (Å²) in [6.07, 6.45) is 6.67. The van der Waals surface area contributed by atoms with Crippen molar-refractivity contribution < 1.29 is 4.52 Å². The molecule has 4 aliphatic carbocycles. The van der Waals surface area contributed by atoms with Crippen LogP contribution in [0.3, 0.4) is 0 Å². The summed E-state index contributed by atoms with van der Waals surface area (Å²) in [6.45, 7) is 0. The van der Waals surface area contributed by atoms with Crippen molar-refractivity contribution in [3.8, 4) is 6.07 Å². The predicted molar refractivity (Wildman–Crippen MR) is 65.4 cm³/mol. The molecule has 1 heterocycles. The number of aromatic nitrogens is 1. The van der Waals surface area contributed by atoms with Crippen LogP contribution >= 0.6 is 0 Å². The highest BCUT2D eigenvalue weighted by molar-refractivity contribution is 5.51. The average Bonchev–Trinajstić information content (AvgIpc) is 2.69. The first-order chi connectivity index (χ1) is 8.76. The molecule has 4 fully saturated rings. The molecule has 1 aromatic heterocycles. The van der Waals surface area contributed by atoms with Crippen LogP contribution in [0.15, 0.2) is 4.52 Å². The van der Waals surface area contributed by atoms with Gasteiger partial charge in [0.1, 0.15) is 11.6 Å². The largest absolute Gasteiger partial charge is 0.380 e. The molecule has 1 aromatic rings. The summed E-state index contributed by atoms with van der Waals surface area (Å²) in [6, 6.07) is 2.17. The van der Waals surface area contributed by atoms with E-state index in [1.807, 2.05) is 0 Å². The zero-order chi connectivity index (χ0) is 12.3. The third-order valence-corrected chi connectivity index (χ3v) is 5.39. The fraction of sp³-hybridized carbons (Fsp3) is 0.714. The molecule has 4 nitrogen and oxygen atoms in total. The van der Waals surface area contributed by atoms with Gasteiger partial charge in [0.2, 0.25) is 0 Å². The zero-order valence-corrected chi connectivity index (χ0v) is 10.3. The average molecular weight is 243 g/mol. The van der Waals surface area contributed by atoms with Crippen molar-refractivity contribution >= 4 is 5.82 Å². The maximum atomic E-state index is 9.21. The number of nitrogen functional groups attached to an aromatic ring is 1. The molecule has 2 N–H and O–H groups in total. The van der Waals surface area contributed by atoms with Gasteiger partial charge in [0, 0.05) is 5.92 Å². The van der Waals surface area contributed by atoms with Crippen molar-refractivity contribution in [1.82, 2.24) is 5.16 Å². The van der Waals surface area contributed by atoms with E-state index in [0.29, 0.717) is 23.3 Å². The predicted octanol–water partition coefficient (Wildman–Crippen LogP) is 2.67. The molecule has 18 heavy (non-hydrogen) atoms. The second-order valence-corrected chi connectivity index (χ2v) is 6.38. The standard InChI is InChI=1S/C14H17N3O/c15-6-11-13(18-17-14(11)16)12-9-2-7-1-8(4-9)5-10(12)3-7/h7-10,12H,1-5H2,(H2,16,17). The van der Waals surface area contributed by atoms with E-state index in [1.54, 1.807) is 0 Å². The van der Waals surface area contributed by atoms with E-state index in [-0.39, 0.29) is 5.82 Å². The minimum absolute atomic E-state index is 0.265. The number of nitrogens with zero attached hydrogens (tertiary/aromatic N) is 2. The van der Waals surface area contributed by atoms with Crippen molar-refractivity contribution in [2.45, 2.75) is 38.0 Å². The van der Waals surface area contributed by atoms with Crippen LogP contribution in [0.4, 0.5) is 5.82 Å². The van der Waals surface area contributed by atoms with Gasteiger partial charge in [-0.25, -0.2) is 0 Å². The molecule has 4 bridgehead atoms. The molecule has 4 heteroatoms. The number of hydrogen-bond donors (Lipinski definition) is 1. The summed E-state index contributed by atoms with van der Waals surface area (Å²) in [5, 5.41) is 13.0. The van der Waals surface area contributed by atoms with Crippen molar-refractivity contribution in [1.29, 1.82) is 5.26 Å². The lowest BCUT2D eigenvalue weighted by Gasteiger charge is -2.53. The first-order valence-corrected chi connectivity index (χ1v) is 6.91. The van der Waals surface area contributed by atoms with E-state index in [1.165, 1.54) is 32.1 Å². The van der Waals surface area contributed by atoms with Crippen LogP contribution in [-0.4, -0.2) is 5.16 Å². The van der Waals surface area contributed by atoms with Crippen LogP contribution < -0.4 is 5.73 Å². The van der Waals surface area contributed by atoms with Gasteiger partial charge >= 0.3 is 0 Å². The molecule has 0 radical (unpaired) electrons. The Kier molecular flexibility index (Phi) is 2.03. The van der Waals surface area contributed by atoms with Crippen LogP contribution in [0.25, 0.3) is 0 Å². The number of nitrogens with two attached hydrogens (primary N) is 1. The Labute approximate surface area is 106 Å². The Bertz CT molecular complexity index is 500. The molecular formula is C14H17N3O. The smallest absolute Gasteiger partial charge is 0.185 e. The highest BCUT2D eigenvalue weighted by Gasteiger charge is 2.50. The van der Waals surface area contributed by atoms with Gasteiger partial charge in [-0.3, -0.25) is 0 Å². The Morgan fingerprint density at radius 3 is 2.28 bits per heavy atom. The SMILES string of the molecule is N#Cc1c(N)noc1C1C2CC3CC(C2)CC1C3. The van der Waals surface area contributed by atoms with E-state index in [9.17, 15) is 5.26 Å². The molecular weight excluding hydrogens is 226 g/mol. The Hall–Kier alpha value is -1.50. The monoisotopic (exact) mass is 243 g/mol. The number of hydrogen-bond acceptors (Lipinski definition) is 4. The Morgan fingerprint density at radius 2 is 1.72 bits per heavy atom. The van der Waals surface area contributed by atoms with E-state index in [0.717, 1.165) is 17.6 Å². The van der Waals surface area contributed by atoms with Crippen LogP contribution in [0.5, 0.6) is 0 Å². The zero-order valence-electron chi connectivity index (χ0n) is 10.3. The molecule has 0 aromatic carbocycles. The molecule has 5 rings (SSSR count). The lowest BCUT2D eigenvalue weighted by molar-refractivity contribution is -0.0114.